The van der Waals surface area contributed by atoms with Gasteiger partial charge in [0.2, 0.25) is 0 Å². The number of hydrogen-bond acceptors (Lipinski definition) is 3. The van der Waals surface area contributed by atoms with Crippen molar-refractivity contribution in [2.45, 2.75) is 34.6 Å². The smallest absolute Gasteiger partial charge is 0.315 e. The van der Waals surface area contributed by atoms with Crippen molar-refractivity contribution < 1.29 is 9.59 Å². The molecule has 0 saturated carbocycles. The highest BCUT2D eigenvalue weighted by Crippen LogP contribution is 2.07. The Morgan fingerprint density at radius 1 is 1.14 bits per heavy atom. The molecule has 0 radical (unpaired) electrons. The molecule has 0 spiro atoms. The fourth-order valence-electron chi connectivity index (χ4n) is 2.05. The molecular formula is C16H25N3O2. The molecule has 0 aromatic carbocycles. The third-order valence-corrected chi connectivity index (χ3v) is 2.78. The average molecular weight is 291 g/mol. The lowest BCUT2D eigenvalue weighted by Gasteiger charge is -2.25. The van der Waals surface area contributed by atoms with Gasteiger partial charge in [-0.1, -0.05) is 33.8 Å². The first-order valence-corrected chi connectivity index (χ1v) is 7.33. The van der Waals surface area contributed by atoms with Crippen LogP contribution in [0.15, 0.2) is 18.2 Å². The van der Waals surface area contributed by atoms with E-state index < -0.39 is 11.8 Å². The second-order valence-corrected chi connectivity index (χ2v) is 6.12. The predicted molar refractivity (Wildman–Crippen MR) is 83.9 cm³/mol. The highest BCUT2D eigenvalue weighted by molar-refractivity contribution is 6.39. The normalized spacial score (nSPS) is 10.8. The summed E-state index contributed by atoms with van der Waals surface area (Å²) >= 11 is 0. The number of amides is 2. The molecular weight excluding hydrogens is 266 g/mol. The van der Waals surface area contributed by atoms with Crippen molar-refractivity contribution in [2.24, 2.45) is 11.8 Å². The fraction of sp³-hybridized carbons (Fsp3) is 0.562. The van der Waals surface area contributed by atoms with Gasteiger partial charge < -0.3 is 10.2 Å². The zero-order valence-electron chi connectivity index (χ0n) is 13.5. The van der Waals surface area contributed by atoms with Gasteiger partial charge in [-0.25, -0.2) is 4.98 Å². The van der Waals surface area contributed by atoms with Gasteiger partial charge in [0, 0.05) is 18.8 Å². The van der Waals surface area contributed by atoms with E-state index in [1.807, 2.05) is 40.7 Å². The van der Waals surface area contributed by atoms with Gasteiger partial charge >= 0.3 is 11.8 Å². The fourth-order valence-corrected chi connectivity index (χ4v) is 2.05. The van der Waals surface area contributed by atoms with Crippen LogP contribution in [0.5, 0.6) is 0 Å². The van der Waals surface area contributed by atoms with Crippen molar-refractivity contribution >= 4 is 17.6 Å². The molecule has 1 heterocycles. The van der Waals surface area contributed by atoms with E-state index in [-0.39, 0.29) is 0 Å². The van der Waals surface area contributed by atoms with Crippen LogP contribution < -0.4 is 5.32 Å². The Hall–Kier alpha value is -1.91. The Balaban J connectivity index is 2.75. The molecule has 1 rings (SSSR count). The minimum absolute atomic E-state index is 0.317. The second-order valence-electron chi connectivity index (χ2n) is 6.12. The standard InChI is InChI=1S/C16H25N3O2/c1-11(2)9-19(10-12(3)4)16(21)15(20)18-14-8-6-7-13(5)17-14/h6-8,11-12H,9-10H2,1-5H3,(H,17,18,20). The number of pyridine rings is 1. The van der Waals surface area contributed by atoms with Crippen molar-refractivity contribution in [3.05, 3.63) is 23.9 Å². The quantitative estimate of drug-likeness (QED) is 0.848. The number of carbonyl (C=O) groups is 2. The summed E-state index contributed by atoms with van der Waals surface area (Å²) < 4.78 is 0. The Kier molecular flexibility index (Phi) is 6.34. The molecule has 5 heteroatoms. The second kappa shape index (κ2) is 7.76. The lowest BCUT2D eigenvalue weighted by molar-refractivity contribution is -0.143. The van der Waals surface area contributed by atoms with Crippen LogP contribution in [0.3, 0.4) is 0 Å². The predicted octanol–water partition coefficient (Wildman–Crippen LogP) is 2.47. The first-order chi connectivity index (χ1) is 9.79. The molecule has 2 amide bonds. The molecule has 0 fully saturated rings. The van der Waals surface area contributed by atoms with Gasteiger partial charge in [0.05, 0.1) is 0 Å². The van der Waals surface area contributed by atoms with Gasteiger partial charge in [-0.15, -0.1) is 0 Å². The van der Waals surface area contributed by atoms with Gasteiger partial charge in [0.25, 0.3) is 0 Å². The third kappa shape index (κ3) is 5.94. The van der Waals surface area contributed by atoms with Crippen molar-refractivity contribution in [2.75, 3.05) is 18.4 Å². The average Bonchev–Trinajstić information content (AvgIpc) is 2.35. The number of carbonyl (C=O) groups excluding carboxylic acids is 2. The summed E-state index contributed by atoms with van der Waals surface area (Å²) in [7, 11) is 0. The van der Waals surface area contributed by atoms with Crippen molar-refractivity contribution in [3.63, 3.8) is 0 Å². The van der Waals surface area contributed by atoms with Crippen LogP contribution in [0, 0.1) is 18.8 Å². The maximum absolute atomic E-state index is 12.3. The largest absolute Gasteiger partial charge is 0.334 e. The number of rotatable bonds is 5. The molecule has 0 aliphatic rings. The van der Waals surface area contributed by atoms with E-state index in [0.717, 1.165) is 5.69 Å². The summed E-state index contributed by atoms with van der Waals surface area (Å²) in [5, 5.41) is 2.57. The van der Waals surface area contributed by atoms with Crippen LogP contribution in [0.2, 0.25) is 0 Å². The molecule has 0 aliphatic carbocycles. The summed E-state index contributed by atoms with van der Waals surface area (Å²) in [4.78, 5) is 30.2. The maximum atomic E-state index is 12.3. The summed E-state index contributed by atoms with van der Waals surface area (Å²) in [5.74, 6) is -0.0901. The molecule has 0 aliphatic heterocycles. The molecule has 1 N–H and O–H groups in total. The van der Waals surface area contributed by atoms with E-state index in [9.17, 15) is 9.59 Å². The van der Waals surface area contributed by atoms with E-state index in [2.05, 4.69) is 10.3 Å². The van der Waals surface area contributed by atoms with E-state index in [1.54, 1.807) is 17.0 Å². The van der Waals surface area contributed by atoms with Crippen LogP contribution in [-0.4, -0.2) is 34.8 Å². The number of nitrogens with zero attached hydrogens (tertiary/aromatic N) is 2. The topological polar surface area (TPSA) is 62.3 Å². The van der Waals surface area contributed by atoms with Gasteiger partial charge in [-0.2, -0.15) is 0 Å². The molecule has 0 unspecified atom stereocenters. The van der Waals surface area contributed by atoms with Crippen LogP contribution in [0.25, 0.3) is 0 Å². The number of aryl methyl sites for hydroxylation is 1. The zero-order chi connectivity index (χ0) is 16.0. The van der Waals surface area contributed by atoms with Crippen molar-refractivity contribution in [3.8, 4) is 0 Å². The minimum atomic E-state index is -0.630. The van der Waals surface area contributed by atoms with E-state index in [0.29, 0.717) is 30.7 Å². The molecule has 116 valence electrons. The highest BCUT2D eigenvalue weighted by atomic mass is 16.2. The molecule has 5 nitrogen and oxygen atoms in total. The van der Waals surface area contributed by atoms with Gasteiger partial charge in [-0.05, 0) is 30.9 Å². The number of hydrogen-bond donors (Lipinski definition) is 1. The van der Waals surface area contributed by atoms with Crippen molar-refractivity contribution in [1.29, 1.82) is 0 Å². The zero-order valence-corrected chi connectivity index (χ0v) is 13.5. The molecule has 1 aromatic rings. The van der Waals surface area contributed by atoms with Crippen molar-refractivity contribution in [1.82, 2.24) is 9.88 Å². The first-order valence-electron chi connectivity index (χ1n) is 7.33. The Bertz CT molecular complexity index is 488. The number of anilines is 1. The first kappa shape index (κ1) is 17.1. The Morgan fingerprint density at radius 3 is 2.19 bits per heavy atom. The third-order valence-electron chi connectivity index (χ3n) is 2.78. The monoisotopic (exact) mass is 291 g/mol. The highest BCUT2D eigenvalue weighted by Gasteiger charge is 2.23. The Labute approximate surface area is 126 Å². The van der Waals surface area contributed by atoms with Crippen LogP contribution >= 0.6 is 0 Å². The lowest BCUT2D eigenvalue weighted by atomic mass is 10.1. The number of nitrogens with one attached hydrogen (secondary N) is 1. The molecule has 0 atom stereocenters. The maximum Gasteiger partial charge on any atom is 0.315 e. The molecule has 0 saturated heterocycles. The van der Waals surface area contributed by atoms with E-state index in [1.165, 1.54) is 0 Å². The Morgan fingerprint density at radius 2 is 1.71 bits per heavy atom. The van der Waals surface area contributed by atoms with E-state index in [4.69, 9.17) is 0 Å². The van der Waals surface area contributed by atoms with E-state index >= 15 is 0 Å². The SMILES string of the molecule is Cc1cccc(NC(=O)C(=O)N(CC(C)C)CC(C)C)n1. The summed E-state index contributed by atoms with van der Waals surface area (Å²) in [5.41, 5.74) is 0.793. The molecule has 0 bridgehead atoms. The minimum Gasteiger partial charge on any atom is -0.334 e. The molecule has 1 aromatic heterocycles. The summed E-state index contributed by atoms with van der Waals surface area (Å²) in [6.07, 6.45) is 0. The van der Waals surface area contributed by atoms with Gasteiger partial charge in [0.15, 0.2) is 0 Å². The van der Waals surface area contributed by atoms with Gasteiger partial charge in [0.1, 0.15) is 5.82 Å². The van der Waals surface area contributed by atoms with Crippen LogP contribution in [0.4, 0.5) is 5.82 Å². The molecule has 21 heavy (non-hydrogen) atoms. The summed E-state index contributed by atoms with van der Waals surface area (Å²) in [6, 6.07) is 5.30. The summed E-state index contributed by atoms with van der Waals surface area (Å²) in [6.45, 7) is 11.1. The van der Waals surface area contributed by atoms with Crippen LogP contribution in [-0.2, 0) is 9.59 Å². The van der Waals surface area contributed by atoms with Gasteiger partial charge in [-0.3, -0.25) is 9.59 Å². The van der Waals surface area contributed by atoms with Crippen LogP contribution in [0.1, 0.15) is 33.4 Å². The number of aromatic nitrogens is 1. The lowest BCUT2D eigenvalue weighted by Crippen LogP contribution is -2.43.